The number of imide groups is 1. The zero-order valence-electron chi connectivity index (χ0n) is 17.1. The highest BCUT2D eigenvalue weighted by Crippen LogP contribution is 2.60. The number of hydrogen-bond donors (Lipinski definition) is 3. The van der Waals surface area contributed by atoms with Crippen molar-refractivity contribution in [2.45, 2.75) is 68.5 Å². The summed E-state index contributed by atoms with van der Waals surface area (Å²) < 4.78 is 0. The molecule has 4 aliphatic rings. The number of benzene rings is 1. The minimum Gasteiger partial charge on any atom is -0.508 e. The summed E-state index contributed by atoms with van der Waals surface area (Å²) in [6.45, 7) is 5.30. The summed E-state index contributed by atoms with van der Waals surface area (Å²) in [6.07, 6.45) is 2.69. The highest BCUT2D eigenvalue weighted by Gasteiger charge is 2.70. The van der Waals surface area contributed by atoms with Gasteiger partial charge in [0.1, 0.15) is 11.3 Å². The van der Waals surface area contributed by atoms with Crippen LogP contribution in [0.25, 0.3) is 0 Å². The van der Waals surface area contributed by atoms with Crippen molar-refractivity contribution in [2.75, 3.05) is 19.6 Å². The molecule has 29 heavy (non-hydrogen) atoms. The van der Waals surface area contributed by atoms with Crippen LogP contribution in [0.1, 0.15) is 50.7 Å². The second kappa shape index (κ2) is 5.95. The molecule has 4 atom stereocenters. The lowest BCUT2D eigenvalue weighted by atomic mass is 9.47. The Balaban J connectivity index is 1.71. The second-order valence-electron chi connectivity index (χ2n) is 9.09. The van der Waals surface area contributed by atoms with Gasteiger partial charge in [0.05, 0.1) is 5.60 Å². The number of phenols is 1. The van der Waals surface area contributed by atoms with Crippen molar-refractivity contribution in [3.63, 3.8) is 0 Å². The average molecular weight is 399 g/mol. The van der Waals surface area contributed by atoms with Crippen LogP contribution < -0.4 is 5.32 Å². The smallest absolute Gasteiger partial charge is 0.327 e. The first-order chi connectivity index (χ1) is 13.8. The molecule has 0 aromatic heterocycles. The molecule has 2 heterocycles. The Bertz CT molecular complexity index is 904. The van der Waals surface area contributed by atoms with Crippen LogP contribution >= 0.6 is 0 Å². The summed E-state index contributed by atoms with van der Waals surface area (Å²) in [4.78, 5) is 29.6. The quantitative estimate of drug-likeness (QED) is 0.656. The van der Waals surface area contributed by atoms with Gasteiger partial charge in [-0.1, -0.05) is 6.07 Å². The lowest BCUT2D eigenvalue weighted by molar-refractivity contribution is -0.163. The lowest BCUT2D eigenvalue weighted by Gasteiger charge is -2.64. The normalized spacial score (nSPS) is 38.4. The van der Waals surface area contributed by atoms with Crippen LogP contribution in [-0.4, -0.2) is 68.8 Å². The van der Waals surface area contributed by atoms with Crippen molar-refractivity contribution >= 4 is 11.9 Å². The maximum absolute atomic E-state index is 13.5. The molecule has 3 N–H and O–H groups in total. The molecule has 2 saturated heterocycles. The number of amides is 3. The fraction of sp³-hybridized carbons (Fsp3) is 0.636. The fourth-order valence-corrected chi connectivity index (χ4v) is 6.84. The van der Waals surface area contributed by atoms with Gasteiger partial charge in [0.15, 0.2) is 0 Å². The van der Waals surface area contributed by atoms with Crippen LogP contribution in [0, 0.1) is 0 Å². The number of carbonyl (C=O) groups excluding carboxylic acids is 2. The standard InChI is InChI=1S/C22H29N3O4/c1-3-24-18(27)21(25(4-2)19(24)28)7-8-22(29)17-11-14-5-6-15(26)12-16(14)20(22,13-21)9-10-23-17/h5-6,12,17,23,26,29H,3-4,7-11,13H2,1-2H3/t17-,20-,21+,22-/m1/s1. The number of urea groups is 1. The van der Waals surface area contributed by atoms with Crippen LogP contribution in [0.3, 0.4) is 0 Å². The number of aromatic hydroxyl groups is 1. The van der Waals surface area contributed by atoms with Gasteiger partial charge in [0.2, 0.25) is 0 Å². The van der Waals surface area contributed by atoms with Gasteiger partial charge in [-0.25, -0.2) is 4.79 Å². The number of rotatable bonds is 2. The third-order valence-electron chi connectivity index (χ3n) is 8.15. The van der Waals surface area contributed by atoms with Crippen molar-refractivity contribution in [3.8, 4) is 5.75 Å². The molecule has 5 rings (SSSR count). The molecule has 0 radical (unpaired) electrons. The maximum atomic E-state index is 13.5. The molecule has 1 aromatic rings. The van der Waals surface area contributed by atoms with Crippen LogP contribution in [-0.2, 0) is 16.6 Å². The van der Waals surface area contributed by atoms with E-state index in [0.29, 0.717) is 45.2 Å². The predicted molar refractivity (Wildman–Crippen MR) is 107 cm³/mol. The predicted octanol–water partition coefficient (Wildman–Crippen LogP) is 1.51. The molecule has 1 aromatic carbocycles. The van der Waals surface area contributed by atoms with Crippen LogP contribution in [0.15, 0.2) is 18.2 Å². The van der Waals surface area contributed by atoms with Gasteiger partial charge in [0.25, 0.3) is 5.91 Å². The monoisotopic (exact) mass is 399 g/mol. The number of carbonyl (C=O) groups is 2. The number of hydrogen-bond acceptors (Lipinski definition) is 5. The van der Waals surface area contributed by atoms with E-state index in [1.165, 1.54) is 4.90 Å². The number of aliphatic hydroxyl groups is 1. The highest BCUT2D eigenvalue weighted by molar-refractivity contribution is 6.07. The van der Waals surface area contributed by atoms with Gasteiger partial charge in [-0.3, -0.25) is 9.69 Å². The third-order valence-corrected chi connectivity index (χ3v) is 8.15. The first-order valence-corrected chi connectivity index (χ1v) is 10.7. The molecule has 1 spiro atoms. The largest absolute Gasteiger partial charge is 0.508 e. The number of fused-ring (bicyclic) bond motifs is 1. The van der Waals surface area contributed by atoms with E-state index in [1.807, 2.05) is 19.9 Å². The SMILES string of the molecule is CCN1C(=O)N(CC)[C@]2(CC[C@@]3(O)[C@H]4Cc5ccc(O)cc5[C@@]3(CCN4)C2)C1=O. The van der Waals surface area contributed by atoms with Gasteiger partial charge in [-0.2, -0.15) is 0 Å². The van der Waals surface area contributed by atoms with E-state index in [0.717, 1.165) is 17.7 Å². The Morgan fingerprint density at radius 2 is 1.97 bits per heavy atom. The van der Waals surface area contributed by atoms with E-state index < -0.39 is 16.6 Å². The van der Waals surface area contributed by atoms with Crippen molar-refractivity contribution in [1.82, 2.24) is 15.1 Å². The minimum atomic E-state index is -1.00. The molecule has 2 aliphatic heterocycles. The lowest BCUT2D eigenvalue weighted by Crippen LogP contribution is -2.76. The van der Waals surface area contributed by atoms with Crippen molar-refractivity contribution in [3.05, 3.63) is 29.3 Å². The zero-order valence-corrected chi connectivity index (χ0v) is 17.1. The summed E-state index contributed by atoms with van der Waals surface area (Å²) in [7, 11) is 0. The molecule has 1 saturated carbocycles. The molecule has 3 fully saturated rings. The maximum Gasteiger partial charge on any atom is 0.327 e. The Morgan fingerprint density at radius 1 is 1.17 bits per heavy atom. The first kappa shape index (κ1) is 18.9. The molecule has 3 amide bonds. The summed E-state index contributed by atoms with van der Waals surface area (Å²) in [6, 6.07) is 5.09. The number of nitrogens with zero attached hydrogens (tertiary/aromatic N) is 2. The number of phenolic OH excluding ortho intramolecular Hbond substituents is 1. The molecular formula is C22H29N3O4. The summed E-state index contributed by atoms with van der Waals surface area (Å²) in [5.74, 6) is 0.0408. The van der Waals surface area contributed by atoms with Crippen LogP contribution in [0.5, 0.6) is 5.75 Å². The number of likely N-dealkylation sites (N-methyl/N-ethyl adjacent to an activating group) is 2. The number of piperidine rings is 1. The topological polar surface area (TPSA) is 93.1 Å². The minimum absolute atomic E-state index is 0.0878. The van der Waals surface area contributed by atoms with Crippen LogP contribution in [0.4, 0.5) is 4.79 Å². The second-order valence-corrected chi connectivity index (χ2v) is 9.09. The van der Waals surface area contributed by atoms with Crippen molar-refractivity contribution < 1.29 is 19.8 Å². The number of nitrogens with one attached hydrogen (secondary N) is 1. The Hall–Kier alpha value is -2.12. The van der Waals surface area contributed by atoms with E-state index in [9.17, 15) is 19.8 Å². The van der Waals surface area contributed by atoms with E-state index in [-0.39, 0.29) is 23.7 Å². The van der Waals surface area contributed by atoms with Gasteiger partial charge in [-0.05, 0) is 75.8 Å². The van der Waals surface area contributed by atoms with E-state index >= 15 is 0 Å². The average Bonchev–Trinajstić information content (AvgIpc) is 2.88. The van der Waals surface area contributed by atoms with Crippen LogP contribution in [0.2, 0.25) is 0 Å². The molecule has 7 nitrogen and oxygen atoms in total. The molecule has 2 aliphatic carbocycles. The fourth-order valence-electron chi connectivity index (χ4n) is 6.84. The summed E-state index contributed by atoms with van der Waals surface area (Å²) >= 11 is 0. The molecule has 0 unspecified atom stereocenters. The summed E-state index contributed by atoms with van der Waals surface area (Å²) in [5.41, 5.74) is -0.534. The van der Waals surface area contributed by atoms with Crippen molar-refractivity contribution in [1.29, 1.82) is 0 Å². The van der Waals surface area contributed by atoms with Gasteiger partial charge >= 0.3 is 6.03 Å². The third kappa shape index (κ3) is 2.10. The molecule has 7 heteroatoms. The van der Waals surface area contributed by atoms with E-state index in [4.69, 9.17) is 0 Å². The Kier molecular flexibility index (Phi) is 3.87. The Morgan fingerprint density at radius 3 is 2.69 bits per heavy atom. The van der Waals surface area contributed by atoms with Gasteiger partial charge < -0.3 is 20.4 Å². The Labute approximate surface area is 170 Å². The highest BCUT2D eigenvalue weighted by atomic mass is 16.3. The van der Waals surface area contributed by atoms with E-state index in [1.54, 1.807) is 17.0 Å². The zero-order chi connectivity index (χ0) is 20.6. The first-order valence-electron chi connectivity index (χ1n) is 10.7. The summed E-state index contributed by atoms with van der Waals surface area (Å²) in [5, 5.41) is 25.7. The van der Waals surface area contributed by atoms with Gasteiger partial charge in [0, 0.05) is 24.5 Å². The van der Waals surface area contributed by atoms with Crippen molar-refractivity contribution in [2.24, 2.45) is 0 Å². The van der Waals surface area contributed by atoms with Gasteiger partial charge in [-0.15, -0.1) is 0 Å². The molecular weight excluding hydrogens is 370 g/mol. The molecule has 2 bridgehead atoms. The molecule has 156 valence electrons. The van der Waals surface area contributed by atoms with E-state index in [2.05, 4.69) is 5.32 Å².